The van der Waals surface area contributed by atoms with Gasteiger partial charge in [-0.05, 0) is 36.4 Å². The van der Waals surface area contributed by atoms with Gasteiger partial charge in [-0.2, -0.15) is 4.31 Å². The number of nitrogens with one attached hydrogen (secondary N) is 2. The maximum Gasteiger partial charge on any atom is 0.252 e. The van der Waals surface area contributed by atoms with Crippen LogP contribution < -0.4 is 10.9 Å². The zero-order valence-electron chi connectivity index (χ0n) is 13.9. The van der Waals surface area contributed by atoms with Crippen LogP contribution in [0, 0.1) is 23.4 Å². The monoisotopic (exact) mass is 419 g/mol. The van der Waals surface area contributed by atoms with Crippen LogP contribution in [-0.2, 0) is 14.8 Å². The summed E-state index contributed by atoms with van der Waals surface area (Å²) in [5.41, 5.74) is 4.08. The maximum atomic E-state index is 13.6. The Labute approximate surface area is 158 Å². The lowest BCUT2D eigenvalue weighted by atomic mass is 9.98. The van der Waals surface area contributed by atoms with E-state index in [1.807, 2.05) is 0 Å². The minimum Gasteiger partial charge on any atom is -0.296 e. The van der Waals surface area contributed by atoms with Crippen LogP contribution in [0.25, 0.3) is 0 Å². The molecule has 0 bridgehead atoms. The number of carbonyl (C=O) groups is 1. The molecule has 2 heterocycles. The van der Waals surface area contributed by atoms with Gasteiger partial charge in [0, 0.05) is 19.0 Å². The number of nitrogens with zero attached hydrogens (tertiary/aromatic N) is 1. The first kappa shape index (κ1) is 19.6. The highest BCUT2D eigenvalue weighted by molar-refractivity contribution is 7.91. The van der Waals surface area contributed by atoms with E-state index in [0.717, 1.165) is 23.5 Å². The van der Waals surface area contributed by atoms with Gasteiger partial charge in [0.05, 0.1) is 5.69 Å². The van der Waals surface area contributed by atoms with Gasteiger partial charge in [0.1, 0.15) is 4.21 Å². The largest absolute Gasteiger partial charge is 0.296 e. The Bertz CT molecular complexity index is 928. The number of benzene rings is 1. The smallest absolute Gasteiger partial charge is 0.252 e. The van der Waals surface area contributed by atoms with Crippen molar-refractivity contribution in [2.24, 2.45) is 5.92 Å². The quantitative estimate of drug-likeness (QED) is 0.577. The number of thiophene rings is 1. The third kappa shape index (κ3) is 4.09. The Hall–Kier alpha value is -2.11. The number of hydrogen-bond donors (Lipinski definition) is 2. The molecule has 1 aliphatic heterocycles. The SMILES string of the molecule is O=C(NNc1ccc(F)c(F)c1F)C1CCN(S(=O)(=O)c2cccs2)CC1. The number of sulfonamides is 1. The molecule has 1 aliphatic rings. The predicted octanol–water partition coefficient (Wildman–Crippen LogP) is 2.71. The highest BCUT2D eigenvalue weighted by Gasteiger charge is 2.32. The van der Waals surface area contributed by atoms with Crippen LogP contribution >= 0.6 is 11.3 Å². The van der Waals surface area contributed by atoms with Crippen molar-refractivity contribution in [3.05, 3.63) is 47.1 Å². The first-order valence-electron chi connectivity index (χ1n) is 8.03. The second-order valence-electron chi connectivity index (χ2n) is 5.95. The van der Waals surface area contributed by atoms with Crippen LogP contribution in [0.1, 0.15) is 12.8 Å². The Kier molecular flexibility index (Phi) is 5.72. The molecule has 3 rings (SSSR count). The fourth-order valence-electron chi connectivity index (χ4n) is 2.75. The summed E-state index contributed by atoms with van der Waals surface area (Å²) in [6, 6.07) is 4.88. The molecule has 6 nitrogen and oxygen atoms in total. The van der Waals surface area contributed by atoms with Crippen LogP contribution in [0.3, 0.4) is 0 Å². The molecule has 2 aromatic rings. The van der Waals surface area contributed by atoms with Crippen LogP contribution in [0.4, 0.5) is 18.9 Å². The van der Waals surface area contributed by atoms with Crippen molar-refractivity contribution in [3.8, 4) is 0 Å². The van der Waals surface area contributed by atoms with Crippen LogP contribution in [0.5, 0.6) is 0 Å². The summed E-state index contributed by atoms with van der Waals surface area (Å²) in [7, 11) is -3.56. The fourth-order valence-corrected chi connectivity index (χ4v) is 5.36. The summed E-state index contributed by atoms with van der Waals surface area (Å²) in [6.45, 7) is 0.357. The average molecular weight is 419 g/mol. The average Bonchev–Trinajstić information content (AvgIpc) is 3.21. The van der Waals surface area contributed by atoms with E-state index in [9.17, 15) is 26.4 Å². The van der Waals surface area contributed by atoms with Gasteiger partial charge in [-0.25, -0.2) is 21.6 Å². The summed E-state index contributed by atoms with van der Waals surface area (Å²) < 4.78 is 66.1. The van der Waals surface area contributed by atoms with Crippen molar-refractivity contribution < 1.29 is 26.4 Å². The highest BCUT2D eigenvalue weighted by Crippen LogP contribution is 2.26. The molecule has 1 amide bonds. The third-order valence-corrected chi connectivity index (χ3v) is 7.54. The molecular formula is C16H16F3N3O3S2. The molecule has 0 saturated carbocycles. The lowest BCUT2D eigenvalue weighted by molar-refractivity contribution is -0.125. The Morgan fingerprint density at radius 3 is 2.44 bits per heavy atom. The van der Waals surface area contributed by atoms with E-state index in [1.54, 1.807) is 11.4 Å². The second-order valence-corrected chi connectivity index (χ2v) is 9.06. The van der Waals surface area contributed by atoms with Gasteiger partial charge in [-0.1, -0.05) is 6.07 Å². The Morgan fingerprint density at radius 2 is 1.81 bits per heavy atom. The van der Waals surface area contributed by atoms with Gasteiger partial charge in [0.25, 0.3) is 10.0 Å². The molecule has 11 heteroatoms. The molecule has 27 heavy (non-hydrogen) atoms. The normalized spacial score (nSPS) is 16.3. The number of amides is 1. The topological polar surface area (TPSA) is 78.5 Å². The third-order valence-electron chi connectivity index (χ3n) is 4.27. The van der Waals surface area contributed by atoms with Gasteiger partial charge in [-0.3, -0.25) is 15.6 Å². The zero-order valence-corrected chi connectivity index (χ0v) is 15.5. The molecule has 0 spiro atoms. The molecule has 0 aliphatic carbocycles. The summed E-state index contributed by atoms with van der Waals surface area (Å²) >= 11 is 1.13. The van der Waals surface area contributed by atoms with Crippen LogP contribution in [0.2, 0.25) is 0 Å². The lowest BCUT2D eigenvalue weighted by Crippen LogP contribution is -2.44. The molecule has 0 unspecified atom stereocenters. The van der Waals surface area contributed by atoms with E-state index < -0.39 is 45.0 Å². The number of halogens is 3. The van der Waals surface area contributed by atoms with E-state index in [1.165, 1.54) is 10.4 Å². The molecule has 1 saturated heterocycles. The molecule has 2 N–H and O–H groups in total. The number of hydrogen-bond acceptors (Lipinski definition) is 5. The highest BCUT2D eigenvalue weighted by atomic mass is 32.2. The second kappa shape index (κ2) is 7.87. The van der Waals surface area contributed by atoms with Gasteiger partial charge >= 0.3 is 0 Å². The lowest BCUT2D eigenvalue weighted by Gasteiger charge is -2.30. The van der Waals surface area contributed by atoms with Gasteiger partial charge in [0.15, 0.2) is 17.5 Å². The number of carbonyl (C=O) groups excluding carboxylic acids is 1. The van der Waals surface area contributed by atoms with Crippen molar-refractivity contribution in [1.82, 2.24) is 9.73 Å². The van der Waals surface area contributed by atoms with E-state index in [4.69, 9.17) is 0 Å². The van der Waals surface area contributed by atoms with E-state index >= 15 is 0 Å². The molecule has 0 radical (unpaired) electrons. The number of piperidine rings is 1. The minimum absolute atomic E-state index is 0.178. The predicted molar refractivity (Wildman–Crippen MR) is 93.9 cm³/mol. The summed E-state index contributed by atoms with van der Waals surface area (Å²) in [6.07, 6.45) is 0.580. The molecule has 1 aromatic heterocycles. The van der Waals surface area contributed by atoms with E-state index in [0.29, 0.717) is 12.8 Å². The Balaban J connectivity index is 1.55. The molecular weight excluding hydrogens is 403 g/mol. The molecule has 1 aromatic carbocycles. The first-order valence-corrected chi connectivity index (χ1v) is 10.4. The van der Waals surface area contributed by atoms with Gasteiger partial charge < -0.3 is 0 Å². The zero-order chi connectivity index (χ0) is 19.6. The standard InChI is InChI=1S/C16H16F3N3O3S2/c17-11-3-4-12(15(19)14(11)18)20-21-16(23)10-5-7-22(8-6-10)27(24,25)13-2-1-9-26-13/h1-4,9-10,20H,5-8H2,(H,21,23). The number of hydrazine groups is 1. The van der Waals surface area contributed by atoms with Crippen molar-refractivity contribution >= 4 is 33.0 Å². The van der Waals surface area contributed by atoms with Crippen LogP contribution in [0.15, 0.2) is 33.9 Å². The van der Waals surface area contributed by atoms with Crippen molar-refractivity contribution in [2.45, 2.75) is 17.1 Å². The maximum absolute atomic E-state index is 13.6. The summed E-state index contributed by atoms with van der Waals surface area (Å²) in [5, 5.41) is 1.68. The number of anilines is 1. The summed E-state index contributed by atoms with van der Waals surface area (Å²) in [5.74, 6) is -5.37. The van der Waals surface area contributed by atoms with Crippen molar-refractivity contribution in [3.63, 3.8) is 0 Å². The van der Waals surface area contributed by atoms with Gasteiger partial charge in [-0.15, -0.1) is 11.3 Å². The number of rotatable bonds is 5. The van der Waals surface area contributed by atoms with Gasteiger partial charge in [0.2, 0.25) is 5.91 Å². The molecule has 0 atom stereocenters. The fraction of sp³-hybridized carbons (Fsp3) is 0.312. The Morgan fingerprint density at radius 1 is 1.11 bits per heavy atom. The van der Waals surface area contributed by atoms with E-state index in [2.05, 4.69) is 10.9 Å². The molecule has 1 fully saturated rings. The van der Waals surface area contributed by atoms with E-state index in [-0.39, 0.29) is 17.3 Å². The minimum atomic E-state index is -3.56. The molecule has 146 valence electrons. The summed E-state index contributed by atoms with van der Waals surface area (Å²) in [4.78, 5) is 12.2. The first-order chi connectivity index (χ1) is 12.8. The van der Waals surface area contributed by atoms with Crippen molar-refractivity contribution in [2.75, 3.05) is 18.5 Å². The van der Waals surface area contributed by atoms with Crippen LogP contribution in [-0.4, -0.2) is 31.7 Å². The van der Waals surface area contributed by atoms with Crippen molar-refractivity contribution in [1.29, 1.82) is 0 Å².